The molecule has 0 aromatic carbocycles. The van der Waals surface area contributed by atoms with E-state index in [2.05, 4.69) is 5.32 Å². The fourth-order valence-corrected chi connectivity index (χ4v) is 5.41. The molecule has 1 aromatic rings. The fraction of sp³-hybridized carbons (Fsp3) is 0.667. The highest BCUT2D eigenvalue weighted by Gasteiger charge is 2.32. The number of nitrogens with zero attached hydrogens (tertiary/aromatic N) is 1. The first kappa shape index (κ1) is 14.8. The summed E-state index contributed by atoms with van der Waals surface area (Å²) >= 11 is 1.22. The second kappa shape index (κ2) is 6.21. The van der Waals surface area contributed by atoms with Crippen LogP contribution in [0.1, 0.15) is 12.8 Å². The molecule has 1 aromatic heterocycles. The van der Waals surface area contributed by atoms with E-state index in [9.17, 15) is 8.42 Å². The van der Waals surface area contributed by atoms with Gasteiger partial charge in [-0.2, -0.15) is 4.31 Å². The Morgan fingerprint density at radius 3 is 3.05 bits per heavy atom. The van der Waals surface area contributed by atoms with Gasteiger partial charge in [-0.05, 0) is 43.8 Å². The third kappa shape index (κ3) is 3.10. The SMILES string of the molecule is CNC[C@H]1CCCN(S(=O)(=O)c2sccc2OC)C1. The van der Waals surface area contributed by atoms with Gasteiger partial charge in [-0.25, -0.2) is 8.42 Å². The molecule has 1 aliphatic rings. The van der Waals surface area contributed by atoms with Crippen molar-refractivity contribution in [1.82, 2.24) is 9.62 Å². The third-order valence-corrected chi connectivity index (χ3v) is 6.65. The Hall–Kier alpha value is -0.630. The molecule has 108 valence electrons. The number of hydrogen-bond donors (Lipinski definition) is 1. The Morgan fingerprint density at radius 2 is 2.37 bits per heavy atom. The van der Waals surface area contributed by atoms with E-state index in [-0.39, 0.29) is 0 Å². The molecule has 0 aliphatic carbocycles. The van der Waals surface area contributed by atoms with Gasteiger partial charge < -0.3 is 10.1 Å². The number of ether oxygens (including phenoxy) is 1. The molecule has 0 bridgehead atoms. The van der Waals surface area contributed by atoms with Gasteiger partial charge in [0.05, 0.1) is 7.11 Å². The number of piperidine rings is 1. The highest BCUT2D eigenvalue weighted by molar-refractivity contribution is 7.91. The summed E-state index contributed by atoms with van der Waals surface area (Å²) in [7, 11) is -0.0140. The van der Waals surface area contributed by atoms with Gasteiger partial charge in [-0.15, -0.1) is 11.3 Å². The second-order valence-corrected chi connectivity index (χ2v) is 7.75. The molecule has 1 aliphatic heterocycles. The highest BCUT2D eigenvalue weighted by atomic mass is 32.2. The minimum Gasteiger partial charge on any atom is -0.494 e. The molecule has 2 heterocycles. The van der Waals surface area contributed by atoms with E-state index in [0.29, 0.717) is 29.0 Å². The van der Waals surface area contributed by atoms with E-state index in [1.807, 2.05) is 7.05 Å². The average Bonchev–Trinajstić information content (AvgIpc) is 2.88. The molecule has 1 saturated heterocycles. The van der Waals surface area contributed by atoms with Crippen molar-refractivity contribution in [1.29, 1.82) is 0 Å². The van der Waals surface area contributed by atoms with Crippen molar-refractivity contribution in [2.45, 2.75) is 17.1 Å². The molecule has 0 amide bonds. The molecule has 19 heavy (non-hydrogen) atoms. The Bertz CT molecular complexity index is 511. The zero-order valence-corrected chi connectivity index (χ0v) is 12.9. The van der Waals surface area contributed by atoms with Crippen molar-refractivity contribution in [2.75, 3.05) is 33.8 Å². The second-order valence-electron chi connectivity index (χ2n) is 4.71. The van der Waals surface area contributed by atoms with Crippen LogP contribution in [0, 0.1) is 5.92 Å². The van der Waals surface area contributed by atoms with Gasteiger partial charge in [-0.1, -0.05) is 0 Å². The molecule has 7 heteroatoms. The predicted molar refractivity (Wildman–Crippen MR) is 76.3 cm³/mol. The van der Waals surface area contributed by atoms with Crippen molar-refractivity contribution < 1.29 is 13.2 Å². The lowest BCUT2D eigenvalue weighted by molar-refractivity contribution is 0.263. The van der Waals surface area contributed by atoms with Gasteiger partial charge in [0.25, 0.3) is 10.0 Å². The maximum atomic E-state index is 12.6. The van der Waals surface area contributed by atoms with E-state index in [0.717, 1.165) is 19.4 Å². The van der Waals surface area contributed by atoms with Crippen LogP contribution in [-0.4, -0.2) is 46.5 Å². The summed E-state index contributed by atoms with van der Waals surface area (Å²) in [6, 6.07) is 1.70. The minimum absolute atomic E-state index is 0.320. The van der Waals surface area contributed by atoms with Crippen molar-refractivity contribution in [2.24, 2.45) is 5.92 Å². The normalized spacial score (nSPS) is 21.5. The number of nitrogens with one attached hydrogen (secondary N) is 1. The molecule has 0 saturated carbocycles. The number of thiophene rings is 1. The molecule has 1 fully saturated rings. The van der Waals surface area contributed by atoms with Crippen LogP contribution in [0.15, 0.2) is 15.7 Å². The topological polar surface area (TPSA) is 58.6 Å². The number of methoxy groups -OCH3 is 1. The Labute approximate surface area is 118 Å². The van der Waals surface area contributed by atoms with Crippen LogP contribution >= 0.6 is 11.3 Å². The van der Waals surface area contributed by atoms with E-state index < -0.39 is 10.0 Å². The van der Waals surface area contributed by atoms with Gasteiger partial charge in [0.15, 0.2) is 4.21 Å². The fourth-order valence-electron chi connectivity index (χ4n) is 2.44. The molecular formula is C12H20N2O3S2. The summed E-state index contributed by atoms with van der Waals surface area (Å²) < 4.78 is 32.3. The maximum Gasteiger partial charge on any atom is 0.256 e. The minimum atomic E-state index is -3.41. The highest BCUT2D eigenvalue weighted by Crippen LogP contribution is 2.33. The summed E-state index contributed by atoms with van der Waals surface area (Å²) in [5.74, 6) is 0.834. The summed E-state index contributed by atoms with van der Waals surface area (Å²) in [5, 5.41) is 4.87. The van der Waals surface area contributed by atoms with Crippen LogP contribution in [0.3, 0.4) is 0 Å². The van der Waals surface area contributed by atoms with E-state index >= 15 is 0 Å². The van der Waals surface area contributed by atoms with E-state index in [1.54, 1.807) is 15.8 Å². The van der Waals surface area contributed by atoms with Crippen molar-refractivity contribution >= 4 is 21.4 Å². The van der Waals surface area contributed by atoms with Crippen LogP contribution in [-0.2, 0) is 10.0 Å². The van der Waals surface area contributed by atoms with Crippen LogP contribution in [0.2, 0.25) is 0 Å². The van der Waals surface area contributed by atoms with Crippen LogP contribution < -0.4 is 10.1 Å². The smallest absolute Gasteiger partial charge is 0.256 e. The zero-order valence-electron chi connectivity index (χ0n) is 11.3. The Balaban J connectivity index is 2.20. The first-order valence-electron chi connectivity index (χ1n) is 6.35. The van der Waals surface area contributed by atoms with Gasteiger partial charge in [0.1, 0.15) is 5.75 Å². The maximum absolute atomic E-state index is 12.6. The number of sulfonamides is 1. The van der Waals surface area contributed by atoms with Crippen molar-refractivity contribution in [3.05, 3.63) is 11.4 Å². The molecule has 0 radical (unpaired) electrons. The lowest BCUT2D eigenvalue weighted by Gasteiger charge is -2.31. The third-order valence-electron chi connectivity index (χ3n) is 3.36. The Morgan fingerprint density at radius 1 is 1.58 bits per heavy atom. The van der Waals surface area contributed by atoms with E-state index in [4.69, 9.17) is 4.74 Å². The largest absolute Gasteiger partial charge is 0.494 e. The summed E-state index contributed by atoms with van der Waals surface area (Å²) in [5.41, 5.74) is 0. The van der Waals surface area contributed by atoms with Crippen molar-refractivity contribution in [3.8, 4) is 5.75 Å². The average molecular weight is 304 g/mol. The predicted octanol–water partition coefficient (Wildman–Crippen LogP) is 1.38. The van der Waals surface area contributed by atoms with Gasteiger partial charge in [-0.3, -0.25) is 0 Å². The number of hydrogen-bond acceptors (Lipinski definition) is 5. The van der Waals surface area contributed by atoms with E-state index in [1.165, 1.54) is 18.4 Å². The van der Waals surface area contributed by atoms with Crippen molar-refractivity contribution in [3.63, 3.8) is 0 Å². The molecule has 1 N–H and O–H groups in total. The monoisotopic (exact) mass is 304 g/mol. The van der Waals surface area contributed by atoms with Crippen LogP contribution in [0.5, 0.6) is 5.75 Å². The quantitative estimate of drug-likeness (QED) is 0.893. The van der Waals surface area contributed by atoms with Gasteiger partial charge in [0, 0.05) is 13.1 Å². The van der Waals surface area contributed by atoms with Crippen LogP contribution in [0.4, 0.5) is 0 Å². The molecule has 5 nitrogen and oxygen atoms in total. The summed E-state index contributed by atoms with van der Waals surface area (Å²) in [4.78, 5) is 0. The molecular weight excluding hydrogens is 284 g/mol. The standard InChI is InChI=1S/C12H20N2O3S2/c1-13-8-10-4-3-6-14(9-10)19(15,16)12-11(17-2)5-7-18-12/h5,7,10,13H,3-4,6,8-9H2,1-2H3/t10-/m1/s1. The lowest BCUT2D eigenvalue weighted by Crippen LogP contribution is -2.42. The van der Waals surface area contributed by atoms with Gasteiger partial charge in [0.2, 0.25) is 0 Å². The summed E-state index contributed by atoms with van der Waals surface area (Å²) in [6.45, 7) is 2.04. The summed E-state index contributed by atoms with van der Waals surface area (Å²) in [6.07, 6.45) is 1.99. The zero-order chi connectivity index (χ0) is 13.9. The first-order chi connectivity index (χ1) is 9.09. The van der Waals surface area contributed by atoms with Gasteiger partial charge >= 0.3 is 0 Å². The molecule has 0 spiro atoms. The number of rotatable bonds is 5. The first-order valence-corrected chi connectivity index (χ1v) is 8.67. The molecule has 2 rings (SSSR count). The Kier molecular flexibility index (Phi) is 4.83. The molecule has 0 unspecified atom stereocenters. The van der Waals surface area contributed by atoms with Crippen LogP contribution in [0.25, 0.3) is 0 Å². The lowest BCUT2D eigenvalue weighted by atomic mass is 10.00. The molecule has 1 atom stereocenters.